The molecule has 2 N–H and O–H groups in total. The van der Waals surface area contributed by atoms with Crippen LogP contribution in [0.1, 0.15) is 26.3 Å². The van der Waals surface area contributed by atoms with Crippen molar-refractivity contribution in [2.24, 2.45) is 0 Å². The maximum absolute atomic E-state index is 12.4. The van der Waals surface area contributed by atoms with E-state index in [0.717, 1.165) is 11.3 Å². The molecule has 0 saturated heterocycles. The number of para-hydroxylation sites is 2. The standard InChI is InChI=1S/C22H20N2O3/c1-15-7-13-18(14-8-15)23-21(25)16-9-11-17(12-10-16)22(26)24-19-5-3-4-6-20(19)27-2/h3-14H,1-2H3,(H,23,25)(H,24,26). The zero-order valence-electron chi connectivity index (χ0n) is 15.2. The quantitative estimate of drug-likeness (QED) is 0.703. The summed E-state index contributed by atoms with van der Waals surface area (Å²) in [6, 6.07) is 21.2. The van der Waals surface area contributed by atoms with Gasteiger partial charge in [0.25, 0.3) is 11.8 Å². The number of carbonyl (C=O) groups excluding carboxylic acids is 2. The van der Waals surface area contributed by atoms with E-state index in [-0.39, 0.29) is 11.8 Å². The normalized spacial score (nSPS) is 10.1. The lowest BCUT2D eigenvalue weighted by Gasteiger charge is -2.10. The Morgan fingerprint density at radius 1 is 0.741 bits per heavy atom. The van der Waals surface area contributed by atoms with Gasteiger partial charge in [-0.25, -0.2) is 0 Å². The zero-order chi connectivity index (χ0) is 19.2. The maximum Gasteiger partial charge on any atom is 0.255 e. The molecule has 3 aromatic rings. The summed E-state index contributed by atoms with van der Waals surface area (Å²) in [6.07, 6.45) is 0. The summed E-state index contributed by atoms with van der Waals surface area (Å²) in [6.45, 7) is 1.99. The van der Waals surface area contributed by atoms with E-state index in [9.17, 15) is 9.59 Å². The molecule has 0 spiro atoms. The van der Waals surface area contributed by atoms with Gasteiger partial charge < -0.3 is 15.4 Å². The first kappa shape index (κ1) is 18.2. The molecule has 0 heterocycles. The van der Waals surface area contributed by atoms with Gasteiger partial charge in [-0.2, -0.15) is 0 Å². The number of nitrogens with one attached hydrogen (secondary N) is 2. The van der Waals surface area contributed by atoms with E-state index in [2.05, 4.69) is 10.6 Å². The van der Waals surface area contributed by atoms with E-state index in [4.69, 9.17) is 4.74 Å². The van der Waals surface area contributed by atoms with Gasteiger partial charge in [0.05, 0.1) is 12.8 Å². The van der Waals surface area contributed by atoms with Gasteiger partial charge in [0.1, 0.15) is 5.75 Å². The predicted molar refractivity (Wildman–Crippen MR) is 107 cm³/mol. The highest BCUT2D eigenvalue weighted by Crippen LogP contribution is 2.23. The molecule has 2 amide bonds. The number of carbonyl (C=O) groups is 2. The number of methoxy groups -OCH3 is 1. The third-order valence-corrected chi connectivity index (χ3v) is 4.07. The van der Waals surface area contributed by atoms with E-state index >= 15 is 0 Å². The van der Waals surface area contributed by atoms with Gasteiger partial charge >= 0.3 is 0 Å². The van der Waals surface area contributed by atoms with Gasteiger partial charge in [-0.3, -0.25) is 9.59 Å². The number of aryl methyl sites for hydroxylation is 1. The Morgan fingerprint density at radius 3 is 1.89 bits per heavy atom. The van der Waals surface area contributed by atoms with Crippen LogP contribution in [0.3, 0.4) is 0 Å². The van der Waals surface area contributed by atoms with Crippen molar-refractivity contribution in [2.75, 3.05) is 17.7 Å². The fourth-order valence-corrected chi connectivity index (χ4v) is 2.56. The first-order chi connectivity index (χ1) is 13.1. The average Bonchev–Trinajstić information content (AvgIpc) is 2.70. The highest BCUT2D eigenvalue weighted by atomic mass is 16.5. The number of amides is 2. The summed E-state index contributed by atoms with van der Waals surface area (Å²) < 4.78 is 5.23. The third-order valence-electron chi connectivity index (χ3n) is 4.07. The van der Waals surface area contributed by atoms with Crippen LogP contribution in [-0.4, -0.2) is 18.9 Å². The highest BCUT2D eigenvalue weighted by molar-refractivity contribution is 6.07. The summed E-state index contributed by atoms with van der Waals surface area (Å²) in [7, 11) is 1.55. The average molecular weight is 360 g/mol. The molecule has 0 aromatic heterocycles. The van der Waals surface area contributed by atoms with E-state index in [1.165, 1.54) is 0 Å². The summed E-state index contributed by atoms with van der Waals surface area (Å²) in [5, 5.41) is 5.64. The van der Waals surface area contributed by atoms with Gasteiger partial charge in [0.2, 0.25) is 0 Å². The minimum Gasteiger partial charge on any atom is -0.495 e. The predicted octanol–water partition coefficient (Wildman–Crippen LogP) is 4.51. The fraction of sp³-hybridized carbons (Fsp3) is 0.0909. The van der Waals surface area contributed by atoms with E-state index < -0.39 is 0 Å². The largest absolute Gasteiger partial charge is 0.495 e. The fourth-order valence-electron chi connectivity index (χ4n) is 2.56. The van der Waals surface area contributed by atoms with Crippen LogP contribution in [0.5, 0.6) is 5.75 Å². The van der Waals surface area contributed by atoms with Crippen molar-refractivity contribution in [3.63, 3.8) is 0 Å². The van der Waals surface area contributed by atoms with Gasteiger partial charge in [0, 0.05) is 16.8 Å². The van der Waals surface area contributed by atoms with E-state index in [1.54, 1.807) is 43.5 Å². The van der Waals surface area contributed by atoms with Crippen LogP contribution in [0.2, 0.25) is 0 Å². The number of hydrogen-bond donors (Lipinski definition) is 2. The topological polar surface area (TPSA) is 67.4 Å². The Balaban J connectivity index is 1.68. The lowest BCUT2D eigenvalue weighted by Crippen LogP contribution is -2.14. The Hall–Kier alpha value is -3.60. The molecule has 136 valence electrons. The number of ether oxygens (including phenoxy) is 1. The summed E-state index contributed by atoms with van der Waals surface area (Å²) in [4.78, 5) is 24.7. The first-order valence-corrected chi connectivity index (χ1v) is 8.49. The van der Waals surface area contributed by atoms with Crippen LogP contribution in [0.4, 0.5) is 11.4 Å². The molecule has 0 bridgehead atoms. The maximum atomic E-state index is 12.4. The second-order valence-corrected chi connectivity index (χ2v) is 6.05. The van der Waals surface area contributed by atoms with Crippen molar-refractivity contribution < 1.29 is 14.3 Å². The van der Waals surface area contributed by atoms with Gasteiger partial charge in [-0.05, 0) is 55.5 Å². The highest BCUT2D eigenvalue weighted by Gasteiger charge is 2.11. The molecule has 0 aliphatic carbocycles. The second-order valence-electron chi connectivity index (χ2n) is 6.05. The smallest absolute Gasteiger partial charge is 0.255 e. The first-order valence-electron chi connectivity index (χ1n) is 8.49. The van der Waals surface area contributed by atoms with Crippen LogP contribution in [-0.2, 0) is 0 Å². The number of benzene rings is 3. The minimum atomic E-state index is -0.273. The molecule has 0 unspecified atom stereocenters. The number of hydrogen-bond acceptors (Lipinski definition) is 3. The van der Waals surface area contributed by atoms with Crippen molar-refractivity contribution in [3.05, 3.63) is 89.5 Å². The summed E-state index contributed by atoms with van der Waals surface area (Å²) in [5.74, 6) is 0.0838. The monoisotopic (exact) mass is 360 g/mol. The van der Waals surface area contributed by atoms with Crippen molar-refractivity contribution >= 4 is 23.2 Å². The minimum absolute atomic E-state index is 0.226. The Morgan fingerprint density at radius 2 is 1.30 bits per heavy atom. The molecule has 0 aliphatic rings. The molecule has 0 aliphatic heterocycles. The SMILES string of the molecule is COc1ccccc1NC(=O)c1ccc(C(=O)Nc2ccc(C)cc2)cc1. The molecule has 5 nitrogen and oxygen atoms in total. The van der Waals surface area contributed by atoms with Crippen molar-refractivity contribution in [1.29, 1.82) is 0 Å². The van der Waals surface area contributed by atoms with Crippen LogP contribution < -0.4 is 15.4 Å². The summed E-state index contributed by atoms with van der Waals surface area (Å²) in [5.41, 5.74) is 3.37. The van der Waals surface area contributed by atoms with Crippen LogP contribution in [0.15, 0.2) is 72.8 Å². The van der Waals surface area contributed by atoms with Crippen LogP contribution in [0, 0.1) is 6.92 Å². The lowest BCUT2D eigenvalue weighted by atomic mass is 10.1. The Kier molecular flexibility index (Phi) is 5.52. The van der Waals surface area contributed by atoms with Crippen LogP contribution >= 0.6 is 0 Å². The van der Waals surface area contributed by atoms with Crippen LogP contribution in [0.25, 0.3) is 0 Å². The third kappa shape index (κ3) is 4.52. The molecular formula is C22H20N2O3. The molecule has 27 heavy (non-hydrogen) atoms. The molecule has 5 heteroatoms. The second kappa shape index (κ2) is 8.19. The Labute approximate surface area is 158 Å². The van der Waals surface area contributed by atoms with Gasteiger partial charge in [-0.15, -0.1) is 0 Å². The lowest BCUT2D eigenvalue weighted by molar-refractivity contribution is 0.101. The molecule has 0 atom stereocenters. The summed E-state index contributed by atoms with van der Waals surface area (Å²) >= 11 is 0. The van der Waals surface area contributed by atoms with Crippen molar-refractivity contribution in [3.8, 4) is 5.75 Å². The van der Waals surface area contributed by atoms with E-state index in [1.807, 2.05) is 43.3 Å². The molecule has 3 rings (SSSR count). The van der Waals surface area contributed by atoms with Gasteiger partial charge in [-0.1, -0.05) is 29.8 Å². The van der Waals surface area contributed by atoms with Crippen molar-refractivity contribution in [1.82, 2.24) is 0 Å². The molecule has 0 saturated carbocycles. The molecular weight excluding hydrogens is 340 g/mol. The van der Waals surface area contributed by atoms with E-state index in [0.29, 0.717) is 22.6 Å². The molecule has 3 aromatic carbocycles. The number of rotatable bonds is 5. The molecule has 0 fully saturated rings. The number of anilines is 2. The molecule has 0 radical (unpaired) electrons. The van der Waals surface area contributed by atoms with Gasteiger partial charge in [0.15, 0.2) is 0 Å². The zero-order valence-corrected chi connectivity index (χ0v) is 15.2. The Bertz CT molecular complexity index is 948. The van der Waals surface area contributed by atoms with Crippen molar-refractivity contribution in [2.45, 2.75) is 6.92 Å².